The molecule has 1 aromatic carbocycles. The van der Waals surface area contributed by atoms with Gasteiger partial charge in [-0.3, -0.25) is 9.59 Å². The Balaban J connectivity index is 1.20. The van der Waals surface area contributed by atoms with Crippen LogP contribution in [0.5, 0.6) is 5.75 Å². The molecule has 6 aromatic rings. The zero-order valence-corrected chi connectivity index (χ0v) is 26.0. The second-order valence-corrected chi connectivity index (χ2v) is 13.2. The molecule has 9 rings (SSSR count). The largest absolute Gasteiger partial charge is 0.494 e. The topological polar surface area (TPSA) is 142 Å². The number of carbonyl (C=O) groups is 1. The zero-order chi connectivity index (χ0) is 31.8. The van der Waals surface area contributed by atoms with Gasteiger partial charge < -0.3 is 29.5 Å². The summed E-state index contributed by atoms with van der Waals surface area (Å²) in [5.74, 6) is 2.83. The van der Waals surface area contributed by atoms with Crippen molar-refractivity contribution in [3.05, 3.63) is 88.6 Å². The van der Waals surface area contributed by atoms with Crippen molar-refractivity contribution in [1.82, 2.24) is 38.8 Å². The standard InChI is InChI=1S/C35H35N9O3/c1-47-28-14-24(35(46)42-19-23-9-10-26(42)31(23)36)12-25-32(28)43(17-21-15-38-44(18-21)29-5-2-6-30(45)40-29)34(39-25)27-13-22-4-3-11-37-33(22)41(27)16-20-7-8-20/h2-6,11-15,18,20,23,26,31H,7-10,16-17,19,36H2,1H3,(H,40,45). The summed E-state index contributed by atoms with van der Waals surface area (Å²) in [6, 6.07) is 15.0. The molecule has 12 nitrogen and oxygen atoms in total. The number of imidazole rings is 1. The molecular formula is C35H35N9O3. The first-order valence-corrected chi connectivity index (χ1v) is 16.3. The monoisotopic (exact) mass is 629 g/mol. The molecule has 47 heavy (non-hydrogen) atoms. The molecule has 3 aliphatic rings. The Morgan fingerprint density at radius 1 is 1.09 bits per heavy atom. The van der Waals surface area contributed by atoms with Gasteiger partial charge in [0, 0.05) is 60.1 Å². The van der Waals surface area contributed by atoms with Crippen molar-refractivity contribution in [3.8, 4) is 23.1 Å². The lowest BCUT2D eigenvalue weighted by Crippen LogP contribution is -2.41. The second kappa shape index (κ2) is 10.7. The first-order valence-electron chi connectivity index (χ1n) is 16.3. The SMILES string of the molecule is COc1cc(C(=O)N2CC3CCC2C3N)cc2nc(-c3cc4cccnc4n3CC3CC3)n(Cc3cnn(-c4cccc(=O)[nH]4)c3)c12. The van der Waals surface area contributed by atoms with Crippen LogP contribution in [0.15, 0.2) is 71.9 Å². The van der Waals surface area contributed by atoms with Crippen molar-refractivity contribution >= 4 is 28.0 Å². The van der Waals surface area contributed by atoms with Gasteiger partial charge >= 0.3 is 0 Å². The van der Waals surface area contributed by atoms with Crippen molar-refractivity contribution < 1.29 is 9.53 Å². The Kier molecular flexibility index (Phi) is 6.36. The van der Waals surface area contributed by atoms with Crippen LogP contribution in [0, 0.1) is 11.8 Å². The molecule has 1 saturated heterocycles. The number of likely N-dealkylation sites (tertiary alicyclic amines) is 1. The van der Waals surface area contributed by atoms with Crippen LogP contribution in [0.3, 0.4) is 0 Å². The third-order valence-electron chi connectivity index (χ3n) is 10.2. The lowest BCUT2D eigenvalue weighted by Gasteiger charge is -2.27. The molecule has 3 unspecified atom stereocenters. The quantitative estimate of drug-likeness (QED) is 0.260. The highest BCUT2D eigenvalue weighted by atomic mass is 16.5. The predicted octanol–water partition coefficient (Wildman–Crippen LogP) is 3.96. The molecule has 3 fully saturated rings. The fourth-order valence-corrected chi connectivity index (χ4v) is 7.65. The predicted molar refractivity (Wildman–Crippen MR) is 177 cm³/mol. The summed E-state index contributed by atoms with van der Waals surface area (Å²) >= 11 is 0. The minimum Gasteiger partial charge on any atom is -0.494 e. The maximum absolute atomic E-state index is 13.9. The van der Waals surface area contributed by atoms with E-state index in [-0.39, 0.29) is 23.6 Å². The molecule has 3 N–H and O–H groups in total. The summed E-state index contributed by atoms with van der Waals surface area (Å²) in [4.78, 5) is 40.7. The number of nitrogens with two attached hydrogens (primary N) is 1. The zero-order valence-electron chi connectivity index (χ0n) is 26.0. The molecule has 2 saturated carbocycles. The van der Waals surface area contributed by atoms with Crippen LogP contribution >= 0.6 is 0 Å². The van der Waals surface area contributed by atoms with Crippen LogP contribution in [0.2, 0.25) is 0 Å². The van der Waals surface area contributed by atoms with Gasteiger partial charge in [-0.15, -0.1) is 0 Å². The summed E-state index contributed by atoms with van der Waals surface area (Å²) in [6.45, 7) is 1.97. The number of ether oxygens (including phenoxy) is 1. The third-order valence-corrected chi connectivity index (χ3v) is 10.2. The van der Waals surface area contributed by atoms with Crippen LogP contribution in [-0.4, -0.2) is 70.4 Å². The van der Waals surface area contributed by atoms with E-state index in [1.807, 2.05) is 35.5 Å². The molecular weight excluding hydrogens is 594 g/mol. The van der Waals surface area contributed by atoms with Gasteiger partial charge in [0.2, 0.25) is 5.56 Å². The van der Waals surface area contributed by atoms with E-state index in [1.165, 1.54) is 18.9 Å². The number of H-pyrrole nitrogens is 1. The number of fused-ring (bicyclic) bond motifs is 4. The summed E-state index contributed by atoms with van der Waals surface area (Å²) in [7, 11) is 1.63. The highest BCUT2D eigenvalue weighted by molar-refractivity contribution is 6.00. The summed E-state index contributed by atoms with van der Waals surface area (Å²) in [6.07, 6.45) is 9.94. The Hall–Kier alpha value is -5.23. The van der Waals surface area contributed by atoms with Crippen LogP contribution in [0.25, 0.3) is 39.4 Å². The lowest BCUT2D eigenvalue weighted by atomic mass is 10.1. The minimum absolute atomic E-state index is 0.0332. The number of pyridine rings is 2. The molecule has 1 amide bonds. The first kappa shape index (κ1) is 28.0. The normalized spacial score (nSPS) is 20.6. The van der Waals surface area contributed by atoms with E-state index in [0.29, 0.717) is 47.6 Å². The maximum Gasteiger partial charge on any atom is 0.254 e. The molecule has 2 aliphatic carbocycles. The first-order chi connectivity index (χ1) is 22.9. The molecule has 12 heteroatoms. The average molecular weight is 630 g/mol. The van der Waals surface area contributed by atoms with Crippen LogP contribution in [-0.2, 0) is 13.1 Å². The van der Waals surface area contributed by atoms with E-state index < -0.39 is 0 Å². The van der Waals surface area contributed by atoms with E-state index in [2.05, 4.69) is 31.3 Å². The number of methoxy groups -OCH3 is 1. The van der Waals surface area contributed by atoms with Crippen molar-refractivity contribution in [2.75, 3.05) is 13.7 Å². The number of hydrogen-bond donors (Lipinski definition) is 2. The van der Waals surface area contributed by atoms with E-state index in [4.69, 9.17) is 20.4 Å². The van der Waals surface area contributed by atoms with Crippen LogP contribution < -0.4 is 16.0 Å². The molecule has 1 aliphatic heterocycles. The van der Waals surface area contributed by atoms with Crippen molar-refractivity contribution in [3.63, 3.8) is 0 Å². The van der Waals surface area contributed by atoms with Gasteiger partial charge in [0.15, 0.2) is 5.82 Å². The molecule has 0 spiro atoms. The number of hydrogen-bond acceptors (Lipinski definition) is 7. The van der Waals surface area contributed by atoms with E-state index in [1.54, 1.807) is 30.1 Å². The molecule has 3 atom stereocenters. The summed E-state index contributed by atoms with van der Waals surface area (Å²) in [5, 5.41) is 5.59. The number of rotatable bonds is 8. The molecule has 238 valence electrons. The summed E-state index contributed by atoms with van der Waals surface area (Å²) < 4.78 is 12.1. The number of nitrogens with zero attached hydrogens (tertiary/aromatic N) is 7. The molecule has 6 heterocycles. The number of amides is 1. The Labute approximate surface area is 269 Å². The lowest BCUT2D eigenvalue weighted by molar-refractivity contribution is 0.0700. The number of carbonyl (C=O) groups excluding carboxylic acids is 1. The Bertz CT molecular complexity index is 2240. The van der Waals surface area contributed by atoms with Gasteiger partial charge in [-0.2, -0.15) is 5.10 Å². The van der Waals surface area contributed by atoms with Gasteiger partial charge in [0.05, 0.1) is 31.1 Å². The highest BCUT2D eigenvalue weighted by Gasteiger charge is 2.47. The maximum atomic E-state index is 13.9. The van der Waals surface area contributed by atoms with Gasteiger partial charge in [0.1, 0.15) is 22.7 Å². The minimum atomic E-state index is -0.196. The molecule has 0 radical (unpaired) electrons. The van der Waals surface area contributed by atoms with Crippen molar-refractivity contribution in [2.45, 2.75) is 50.9 Å². The average Bonchev–Trinajstić information content (AvgIpc) is 3.39. The second-order valence-electron chi connectivity index (χ2n) is 13.2. The summed E-state index contributed by atoms with van der Waals surface area (Å²) in [5.41, 5.74) is 11.1. The fourth-order valence-electron chi connectivity index (χ4n) is 7.65. The fraction of sp³-hybridized carbons (Fsp3) is 0.343. The van der Waals surface area contributed by atoms with Gasteiger partial charge in [-0.25, -0.2) is 14.6 Å². The Morgan fingerprint density at radius 3 is 2.74 bits per heavy atom. The smallest absolute Gasteiger partial charge is 0.254 e. The third kappa shape index (κ3) is 4.65. The van der Waals surface area contributed by atoms with Crippen molar-refractivity contribution in [1.29, 1.82) is 0 Å². The highest BCUT2D eigenvalue weighted by Crippen LogP contribution is 2.40. The van der Waals surface area contributed by atoms with Crippen molar-refractivity contribution in [2.24, 2.45) is 17.6 Å². The van der Waals surface area contributed by atoms with Gasteiger partial charge in [0.25, 0.3) is 5.91 Å². The van der Waals surface area contributed by atoms with Gasteiger partial charge in [-0.05, 0) is 73.9 Å². The van der Waals surface area contributed by atoms with E-state index in [0.717, 1.165) is 53.0 Å². The number of piperidine rings is 1. The van der Waals surface area contributed by atoms with Crippen LogP contribution in [0.4, 0.5) is 0 Å². The Morgan fingerprint density at radius 2 is 1.98 bits per heavy atom. The van der Waals surface area contributed by atoms with E-state index in [9.17, 15) is 9.59 Å². The molecule has 2 bridgehead atoms. The van der Waals surface area contributed by atoms with Gasteiger partial charge in [-0.1, -0.05) is 6.07 Å². The number of benzene rings is 1. The number of aromatic amines is 1. The van der Waals surface area contributed by atoms with Crippen LogP contribution in [0.1, 0.15) is 41.6 Å². The number of aromatic nitrogens is 7. The molecule has 5 aromatic heterocycles. The van der Waals surface area contributed by atoms with E-state index >= 15 is 0 Å². The number of nitrogens with one attached hydrogen (secondary N) is 1.